The highest BCUT2D eigenvalue weighted by Crippen LogP contribution is 1.94. The molecule has 0 fully saturated rings. The van der Waals surface area contributed by atoms with Crippen LogP contribution < -0.4 is 0 Å². The van der Waals surface area contributed by atoms with Gasteiger partial charge in [-0.3, -0.25) is 0 Å². The lowest BCUT2D eigenvalue weighted by Crippen LogP contribution is -2.12. The predicted molar refractivity (Wildman–Crippen MR) is 51.5 cm³/mol. The molecule has 0 rings (SSSR count). The molecule has 0 spiro atoms. The van der Waals surface area contributed by atoms with Gasteiger partial charge in [0.1, 0.15) is 0 Å². The van der Waals surface area contributed by atoms with Crippen LogP contribution in [0.25, 0.3) is 0 Å². The molecule has 0 bridgehead atoms. The molecule has 0 saturated carbocycles. The van der Waals surface area contributed by atoms with Crippen LogP contribution in [0, 0.1) is 0 Å². The van der Waals surface area contributed by atoms with Crippen molar-refractivity contribution in [3.05, 3.63) is 0 Å². The molecule has 0 saturated heterocycles. The van der Waals surface area contributed by atoms with Crippen LogP contribution in [0.1, 0.15) is 26.7 Å². The number of rotatable bonds is 5. The third-order valence-electron chi connectivity index (χ3n) is 1.32. The standard InChI is InChI=1S/C6H14O2.C3H8O2/c1-3-4-6(7)5-8-2;1-3(4)5-2/h6-7H,3-5H2,1-2H3;3-4H,1-2H3. The van der Waals surface area contributed by atoms with Gasteiger partial charge in [0.2, 0.25) is 0 Å². The minimum absolute atomic E-state index is 0.259. The number of hydrogen-bond donors (Lipinski definition) is 2. The van der Waals surface area contributed by atoms with Gasteiger partial charge in [-0.05, 0) is 13.3 Å². The lowest BCUT2D eigenvalue weighted by molar-refractivity contribution is -0.0583. The van der Waals surface area contributed by atoms with Gasteiger partial charge in [0, 0.05) is 14.2 Å². The smallest absolute Gasteiger partial charge is 0.151 e. The van der Waals surface area contributed by atoms with Crippen LogP contribution in [0.5, 0.6) is 0 Å². The number of hydrogen-bond acceptors (Lipinski definition) is 4. The fourth-order valence-electron chi connectivity index (χ4n) is 0.609. The van der Waals surface area contributed by atoms with Crippen LogP contribution in [0.3, 0.4) is 0 Å². The van der Waals surface area contributed by atoms with Gasteiger partial charge in [0.25, 0.3) is 0 Å². The van der Waals surface area contributed by atoms with Crippen molar-refractivity contribution >= 4 is 0 Å². The summed E-state index contributed by atoms with van der Waals surface area (Å²) in [7, 11) is 3.05. The molecule has 0 aromatic carbocycles. The van der Waals surface area contributed by atoms with E-state index in [2.05, 4.69) is 4.74 Å². The highest BCUT2D eigenvalue weighted by atomic mass is 16.6. The Morgan fingerprint density at radius 3 is 1.92 bits per heavy atom. The minimum atomic E-state index is -0.616. The molecule has 0 radical (unpaired) electrons. The van der Waals surface area contributed by atoms with Gasteiger partial charge in [-0.25, -0.2) is 0 Å². The zero-order valence-corrected chi connectivity index (χ0v) is 8.99. The second kappa shape index (κ2) is 11.8. The lowest BCUT2D eigenvalue weighted by atomic mass is 10.2. The van der Waals surface area contributed by atoms with Gasteiger partial charge in [-0.1, -0.05) is 13.3 Å². The molecule has 0 aliphatic rings. The normalized spacial score (nSPS) is 14.3. The molecule has 0 heterocycles. The maximum atomic E-state index is 8.92. The van der Waals surface area contributed by atoms with Crippen molar-refractivity contribution in [1.82, 2.24) is 0 Å². The van der Waals surface area contributed by atoms with E-state index in [1.165, 1.54) is 7.11 Å². The Balaban J connectivity index is 0. The molecular formula is C9H22O4. The summed E-state index contributed by atoms with van der Waals surface area (Å²) < 4.78 is 9.01. The van der Waals surface area contributed by atoms with E-state index < -0.39 is 6.29 Å². The number of aliphatic hydroxyl groups is 2. The molecule has 0 amide bonds. The van der Waals surface area contributed by atoms with Crippen molar-refractivity contribution in [2.45, 2.75) is 39.1 Å². The van der Waals surface area contributed by atoms with Gasteiger partial charge >= 0.3 is 0 Å². The summed E-state index contributed by atoms with van der Waals surface area (Å²) in [4.78, 5) is 0. The average molecular weight is 194 g/mol. The van der Waals surface area contributed by atoms with Crippen molar-refractivity contribution < 1.29 is 19.7 Å². The summed E-state index contributed by atoms with van der Waals surface area (Å²) in [6, 6.07) is 0. The van der Waals surface area contributed by atoms with Gasteiger partial charge in [0.05, 0.1) is 12.7 Å². The Morgan fingerprint density at radius 2 is 1.69 bits per heavy atom. The van der Waals surface area contributed by atoms with E-state index >= 15 is 0 Å². The summed E-state index contributed by atoms with van der Waals surface area (Å²) >= 11 is 0. The molecule has 2 atom stereocenters. The van der Waals surface area contributed by atoms with Crippen molar-refractivity contribution in [2.75, 3.05) is 20.8 Å². The van der Waals surface area contributed by atoms with E-state index in [1.807, 2.05) is 6.92 Å². The molecule has 2 unspecified atom stereocenters. The monoisotopic (exact) mass is 194 g/mol. The minimum Gasteiger partial charge on any atom is -0.391 e. The van der Waals surface area contributed by atoms with E-state index in [9.17, 15) is 0 Å². The molecule has 0 aliphatic carbocycles. The zero-order valence-electron chi connectivity index (χ0n) is 8.99. The summed E-state index contributed by atoms with van der Waals surface area (Å²) in [5.41, 5.74) is 0. The molecule has 4 heteroatoms. The Morgan fingerprint density at radius 1 is 1.23 bits per heavy atom. The lowest BCUT2D eigenvalue weighted by Gasteiger charge is -2.05. The van der Waals surface area contributed by atoms with Gasteiger partial charge < -0.3 is 19.7 Å². The van der Waals surface area contributed by atoms with Crippen LogP contribution in [0.15, 0.2) is 0 Å². The summed E-state index contributed by atoms with van der Waals surface area (Å²) in [6.07, 6.45) is 0.984. The quantitative estimate of drug-likeness (QED) is 0.634. The fraction of sp³-hybridized carbons (Fsp3) is 1.00. The van der Waals surface area contributed by atoms with Crippen molar-refractivity contribution in [2.24, 2.45) is 0 Å². The van der Waals surface area contributed by atoms with E-state index in [-0.39, 0.29) is 6.10 Å². The van der Waals surface area contributed by atoms with Crippen LogP contribution in [0.4, 0.5) is 0 Å². The van der Waals surface area contributed by atoms with Crippen LogP contribution in [0.2, 0.25) is 0 Å². The molecule has 4 nitrogen and oxygen atoms in total. The first kappa shape index (κ1) is 15.3. The average Bonchev–Trinajstić information content (AvgIpc) is 2.06. The summed E-state index contributed by atoms with van der Waals surface area (Å²) in [6.45, 7) is 4.06. The predicted octanol–water partition coefficient (Wildman–Crippen LogP) is 0.765. The Kier molecular flexibility index (Phi) is 14.0. The third kappa shape index (κ3) is 18.7. The molecule has 13 heavy (non-hydrogen) atoms. The highest BCUT2D eigenvalue weighted by molar-refractivity contribution is 4.49. The van der Waals surface area contributed by atoms with Crippen molar-refractivity contribution in [1.29, 1.82) is 0 Å². The van der Waals surface area contributed by atoms with Crippen LogP contribution in [-0.2, 0) is 9.47 Å². The number of ether oxygens (including phenoxy) is 2. The first-order chi connectivity index (χ1) is 6.08. The molecule has 0 aliphatic heterocycles. The molecule has 0 aromatic heterocycles. The van der Waals surface area contributed by atoms with Crippen molar-refractivity contribution in [3.8, 4) is 0 Å². The first-order valence-electron chi connectivity index (χ1n) is 4.46. The van der Waals surface area contributed by atoms with Crippen LogP contribution in [-0.4, -0.2) is 43.4 Å². The first-order valence-corrected chi connectivity index (χ1v) is 4.46. The SMILES string of the molecule is CCCC(O)COC.COC(C)O. The zero-order chi connectivity index (χ0) is 10.7. The van der Waals surface area contributed by atoms with Crippen molar-refractivity contribution in [3.63, 3.8) is 0 Å². The Hall–Kier alpha value is -0.160. The second-order valence-electron chi connectivity index (χ2n) is 2.73. The molecule has 0 aromatic rings. The topological polar surface area (TPSA) is 58.9 Å². The van der Waals surface area contributed by atoms with E-state index in [4.69, 9.17) is 14.9 Å². The van der Waals surface area contributed by atoms with Crippen LogP contribution >= 0.6 is 0 Å². The Bertz CT molecular complexity index is 79.7. The fourth-order valence-corrected chi connectivity index (χ4v) is 0.609. The number of aliphatic hydroxyl groups excluding tert-OH is 2. The Labute approximate surface area is 80.5 Å². The third-order valence-corrected chi connectivity index (χ3v) is 1.32. The second-order valence-corrected chi connectivity index (χ2v) is 2.73. The van der Waals surface area contributed by atoms with Gasteiger partial charge in [0.15, 0.2) is 6.29 Å². The summed E-state index contributed by atoms with van der Waals surface area (Å²) in [5, 5.41) is 17.1. The number of methoxy groups -OCH3 is 2. The maximum Gasteiger partial charge on any atom is 0.151 e. The van der Waals surface area contributed by atoms with E-state index in [0.29, 0.717) is 6.61 Å². The molecular weight excluding hydrogens is 172 g/mol. The van der Waals surface area contributed by atoms with E-state index in [0.717, 1.165) is 12.8 Å². The molecule has 82 valence electrons. The maximum absolute atomic E-state index is 8.92. The van der Waals surface area contributed by atoms with E-state index in [1.54, 1.807) is 14.0 Å². The highest BCUT2D eigenvalue weighted by Gasteiger charge is 1.98. The van der Waals surface area contributed by atoms with Gasteiger partial charge in [-0.2, -0.15) is 0 Å². The summed E-state index contributed by atoms with van der Waals surface area (Å²) in [5.74, 6) is 0. The largest absolute Gasteiger partial charge is 0.391 e. The van der Waals surface area contributed by atoms with Gasteiger partial charge in [-0.15, -0.1) is 0 Å². The molecule has 2 N–H and O–H groups in total.